The zero-order chi connectivity index (χ0) is 22.1. The van der Waals surface area contributed by atoms with Crippen LogP contribution in [-0.4, -0.2) is 30.4 Å². The zero-order valence-electron chi connectivity index (χ0n) is 18.0. The molecule has 0 unspecified atom stereocenters. The van der Waals surface area contributed by atoms with Gasteiger partial charge in [0.1, 0.15) is 0 Å². The van der Waals surface area contributed by atoms with Gasteiger partial charge in [-0.3, -0.25) is 4.79 Å². The lowest BCUT2D eigenvalue weighted by atomic mass is 9.84. The molecule has 0 heterocycles. The van der Waals surface area contributed by atoms with Crippen LogP contribution >= 0.6 is 0 Å². The lowest BCUT2D eigenvalue weighted by Crippen LogP contribution is -2.46. The smallest absolute Gasteiger partial charge is 0.317 e. The third-order valence-electron chi connectivity index (χ3n) is 5.33. The topological polar surface area (TPSA) is 61.4 Å². The molecule has 0 aliphatic rings. The SMILES string of the molecule is CN(Cc1ccccc1)C(=O)NCCC(=O)NC(C)(c1ccccc1)c1ccccc1. The van der Waals surface area contributed by atoms with Crippen LogP contribution in [-0.2, 0) is 16.9 Å². The molecule has 0 saturated carbocycles. The van der Waals surface area contributed by atoms with Crippen LogP contribution in [0, 0.1) is 0 Å². The van der Waals surface area contributed by atoms with Gasteiger partial charge in [-0.05, 0) is 23.6 Å². The molecule has 0 aromatic heterocycles. The Balaban J connectivity index is 1.57. The molecule has 3 aromatic rings. The molecule has 0 bridgehead atoms. The molecule has 0 saturated heterocycles. The molecule has 0 aliphatic heterocycles. The number of nitrogens with one attached hydrogen (secondary N) is 2. The lowest BCUT2D eigenvalue weighted by Gasteiger charge is -2.32. The van der Waals surface area contributed by atoms with Crippen LogP contribution in [0.15, 0.2) is 91.0 Å². The van der Waals surface area contributed by atoms with Gasteiger partial charge in [-0.15, -0.1) is 0 Å². The third-order valence-corrected chi connectivity index (χ3v) is 5.33. The molecule has 31 heavy (non-hydrogen) atoms. The van der Waals surface area contributed by atoms with Crippen molar-refractivity contribution >= 4 is 11.9 Å². The van der Waals surface area contributed by atoms with Gasteiger partial charge in [-0.2, -0.15) is 0 Å². The summed E-state index contributed by atoms with van der Waals surface area (Å²) in [5.74, 6) is -0.124. The van der Waals surface area contributed by atoms with Crippen LogP contribution in [0.25, 0.3) is 0 Å². The Bertz CT molecular complexity index is 936. The Morgan fingerprint density at radius 2 is 1.29 bits per heavy atom. The van der Waals surface area contributed by atoms with Crippen LogP contribution in [0.4, 0.5) is 4.79 Å². The van der Waals surface area contributed by atoms with Crippen molar-refractivity contribution < 1.29 is 9.59 Å². The van der Waals surface area contributed by atoms with E-state index in [0.717, 1.165) is 16.7 Å². The highest BCUT2D eigenvalue weighted by molar-refractivity contribution is 5.79. The molecule has 5 heteroatoms. The summed E-state index contributed by atoms with van der Waals surface area (Å²) in [6.07, 6.45) is 0.195. The fourth-order valence-corrected chi connectivity index (χ4v) is 3.54. The van der Waals surface area contributed by atoms with Gasteiger partial charge in [0.2, 0.25) is 5.91 Å². The van der Waals surface area contributed by atoms with Crippen molar-refractivity contribution in [3.8, 4) is 0 Å². The molecule has 0 atom stereocenters. The number of carbonyl (C=O) groups excluding carboxylic acids is 2. The third kappa shape index (κ3) is 5.95. The standard InChI is InChI=1S/C26H29N3O2/c1-26(22-14-8-4-9-15-22,23-16-10-5-11-17-23)28-24(30)18-19-27-25(31)29(2)20-21-12-6-3-7-13-21/h3-17H,18-20H2,1-2H3,(H,27,31)(H,28,30). The second-order valence-corrected chi connectivity index (χ2v) is 7.73. The molecule has 0 spiro atoms. The monoisotopic (exact) mass is 415 g/mol. The molecular weight excluding hydrogens is 386 g/mol. The molecule has 2 N–H and O–H groups in total. The minimum Gasteiger partial charge on any atom is -0.343 e. The summed E-state index contributed by atoms with van der Waals surface area (Å²) in [6, 6.07) is 29.4. The van der Waals surface area contributed by atoms with E-state index in [1.54, 1.807) is 11.9 Å². The van der Waals surface area contributed by atoms with E-state index < -0.39 is 5.54 Å². The molecule has 5 nitrogen and oxygen atoms in total. The first kappa shape index (κ1) is 22.1. The van der Waals surface area contributed by atoms with Crippen LogP contribution < -0.4 is 10.6 Å². The minimum atomic E-state index is -0.659. The number of urea groups is 1. The summed E-state index contributed by atoms with van der Waals surface area (Å²) in [4.78, 5) is 26.7. The first-order valence-corrected chi connectivity index (χ1v) is 10.4. The van der Waals surface area contributed by atoms with Crippen molar-refractivity contribution in [1.29, 1.82) is 0 Å². The van der Waals surface area contributed by atoms with E-state index in [4.69, 9.17) is 0 Å². The average molecular weight is 416 g/mol. The lowest BCUT2D eigenvalue weighted by molar-refractivity contribution is -0.122. The van der Waals surface area contributed by atoms with E-state index in [1.165, 1.54) is 0 Å². The Morgan fingerprint density at radius 3 is 1.81 bits per heavy atom. The highest BCUT2D eigenvalue weighted by Crippen LogP contribution is 2.29. The molecule has 3 aromatic carbocycles. The summed E-state index contributed by atoms with van der Waals surface area (Å²) in [5.41, 5.74) is 2.40. The Labute approximate surface area is 184 Å². The number of hydrogen-bond acceptors (Lipinski definition) is 2. The van der Waals surface area contributed by atoms with Gasteiger partial charge in [0, 0.05) is 26.6 Å². The second-order valence-electron chi connectivity index (χ2n) is 7.73. The summed E-state index contributed by atoms with van der Waals surface area (Å²) in [6.45, 7) is 2.78. The van der Waals surface area contributed by atoms with Crippen molar-refractivity contribution in [2.75, 3.05) is 13.6 Å². The van der Waals surface area contributed by atoms with Gasteiger partial charge >= 0.3 is 6.03 Å². The molecule has 3 amide bonds. The summed E-state index contributed by atoms with van der Waals surface area (Å²) >= 11 is 0. The highest BCUT2D eigenvalue weighted by atomic mass is 16.2. The summed E-state index contributed by atoms with van der Waals surface area (Å²) < 4.78 is 0. The van der Waals surface area contributed by atoms with Crippen molar-refractivity contribution in [3.63, 3.8) is 0 Å². The van der Waals surface area contributed by atoms with E-state index in [2.05, 4.69) is 10.6 Å². The fourth-order valence-electron chi connectivity index (χ4n) is 3.54. The fraction of sp³-hybridized carbons (Fsp3) is 0.231. The van der Waals surface area contributed by atoms with Crippen molar-refractivity contribution in [1.82, 2.24) is 15.5 Å². The van der Waals surface area contributed by atoms with Crippen LogP contribution in [0.1, 0.15) is 30.0 Å². The van der Waals surface area contributed by atoms with E-state index in [1.807, 2.05) is 97.9 Å². The largest absolute Gasteiger partial charge is 0.343 e. The predicted octanol–water partition coefficient (Wildman–Crippen LogP) is 4.30. The van der Waals surface area contributed by atoms with Gasteiger partial charge < -0.3 is 15.5 Å². The number of carbonyl (C=O) groups is 2. The Hall–Kier alpha value is -3.60. The number of amides is 3. The molecule has 160 valence electrons. The van der Waals surface area contributed by atoms with Crippen LogP contribution in [0.2, 0.25) is 0 Å². The van der Waals surface area contributed by atoms with Gasteiger partial charge in [0.15, 0.2) is 0 Å². The molecule has 0 fully saturated rings. The number of rotatable bonds is 8. The quantitative estimate of drug-likeness (QED) is 0.576. The normalized spacial score (nSPS) is 10.9. The minimum absolute atomic E-state index is 0.124. The Kier molecular flexibility index (Phi) is 7.44. The van der Waals surface area contributed by atoms with Gasteiger partial charge in [0.25, 0.3) is 0 Å². The van der Waals surface area contributed by atoms with Crippen LogP contribution in [0.3, 0.4) is 0 Å². The number of hydrogen-bond donors (Lipinski definition) is 2. The molecule has 0 aliphatic carbocycles. The van der Waals surface area contributed by atoms with Crippen molar-refractivity contribution in [2.24, 2.45) is 0 Å². The van der Waals surface area contributed by atoms with E-state index >= 15 is 0 Å². The van der Waals surface area contributed by atoms with E-state index in [0.29, 0.717) is 6.54 Å². The van der Waals surface area contributed by atoms with Gasteiger partial charge in [0.05, 0.1) is 5.54 Å². The molecule has 3 rings (SSSR count). The van der Waals surface area contributed by atoms with Crippen molar-refractivity contribution in [3.05, 3.63) is 108 Å². The highest BCUT2D eigenvalue weighted by Gasteiger charge is 2.30. The number of nitrogens with zero attached hydrogens (tertiary/aromatic N) is 1. The van der Waals surface area contributed by atoms with E-state index in [9.17, 15) is 9.59 Å². The summed E-state index contributed by atoms with van der Waals surface area (Å²) in [5, 5.41) is 5.99. The van der Waals surface area contributed by atoms with Crippen LogP contribution in [0.5, 0.6) is 0 Å². The van der Waals surface area contributed by atoms with Gasteiger partial charge in [-0.1, -0.05) is 91.0 Å². The van der Waals surface area contributed by atoms with E-state index in [-0.39, 0.29) is 24.9 Å². The van der Waals surface area contributed by atoms with Crippen molar-refractivity contribution in [2.45, 2.75) is 25.4 Å². The molecular formula is C26H29N3O2. The predicted molar refractivity (Wildman–Crippen MR) is 123 cm³/mol. The Morgan fingerprint density at radius 1 is 0.806 bits per heavy atom. The van der Waals surface area contributed by atoms with Gasteiger partial charge in [-0.25, -0.2) is 4.79 Å². The first-order valence-electron chi connectivity index (χ1n) is 10.4. The first-order chi connectivity index (χ1) is 15.0. The number of benzene rings is 3. The maximum atomic E-state index is 12.8. The maximum absolute atomic E-state index is 12.8. The zero-order valence-corrected chi connectivity index (χ0v) is 18.0. The molecule has 0 radical (unpaired) electrons. The maximum Gasteiger partial charge on any atom is 0.317 e. The average Bonchev–Trinajstić information content (AvgIpc) is 2.80. The summed E-state index contributed by atoms with van der Waals surface area (Å²) in [7, 11) is 1.74. The second kappa shape index (κ2) is 10.4.